The summed E-state index contributed by atoms with van der Waals surface area (Å²) in [4.78, 5) is 10.8. The monoisotopic (exact) mass is 316 g/mol. The maximum absolute atomic E-state index is 13.9. The maximum Gasteiger partial charge on any atom is 0.356 e. The molecule has 1 heterocycles. The van der Waals surface area contributed by atoms with Gasteiger partial charge in [0.25, 0.3) is 0 Å². The average Bonchev–Trinajstić information content (AvgIpc) is 2.66. The van der Waals surface area contributed by atoms with Crippen LogP contribution >= 0.6 is 15.9 Å². The van der Waals surface area contributed by atoms with Crippen LogP contribution in [0, 0.1) is 11.6 Å². The molecule has 1 N–H and O–H groups in total. The Labute approximate surface area is 109 Å². The third-order valence-corrected chi connectivity index (χ3v) is 2.94. The van der Waals surface area contributed by atoms with E-state index < -0.39 is 17.6 Å². The van der Waals surface area contributed by atoms with Crippen LogP contribution in [0.3, 0.4) is 0 Å². The van der Waals surface area contributed by atoms with Crippen LogP contribution in [0.4, 0.5) is 8.78 Å². The number of carboxylic acids is 1. The van der Waals surface area contributed by atoms with E-state index in [-0.39, 0.29) is 21.4 Å². The molecule has 0 amide bonds. The molecule has 0 aliphatic rings. The lowest BCUT2D eigenvalue weighted by Gasteiger charge is -2.05. The predicted octanol–water partition coefficient (Wildman–Crippen LogP) is 2.83. The van der Waals surface area contributed by atoms with Crippen molar-refractivity contribution in [3.63, 3.8) is 0 Å². The first kappa shape index (κ1) is 12.7. The summed E-state index contributed by atoms with van der Waals surface area (Å²) < 4.78 is 28.3. The molecular weight excluding hydrogens is 310 g/mol. The lowest BCUT2D eigenvalue weighted by molar-refractivity contribution is 0.0689. The van der Waals surface area contributed by atoms with Gasteiger partial charge in [0.1, 0.15) is 11.6 Å². The normalized spacial score (nSPS) is 10.7. The van der Waals surface area contributed by atoms with Crippen molar-refractivity contribution in [1.82, 2.24) is 9.78 Å². The van der Waals surface area contributed by atoms with E-state index in [2.05, 4.69) is 21.0 Å². The minimum atomic E-state index is -1.23. The Hall–Kier alpha value is -1.76. The van der Waals surface area contributed by atoms with Gasteiger partial charge < -0.3 is 5.11 Å². The van der Waals surface area contributed by atoms with Crippen LogP contribution < -0.4 is 0 Å². The van der Waals surface area contributed by atoms with Crippen LogP contribution in [0.15, 0.2) is 22.7 Å². The van der Waals surface area contributed by atoms with Gasteiger partial charge in [0.15, 0.2) is 5.69 Å². The topological polar surface area (TPSA) is 55.1 Å². The fourth-order valence-corrected chi connectivity index (χ4v) is 2.00. The lowest BCUT2D eigenvalue weighted by Crippen LogP contribution is -2.00. The highest BCUT2D eigenvalue weighted by molar-refractivity contribution is 9.10. The Morgan fingerprint density at radius 3 is 2.61 bits per heavy atom. The fourth-order valence-electron chi connectivity index (χ4n) is 1.57. The number of aromatic nitrogens is 2. The third kappa shape index (κ3) is 2.13. The van der Waals surface area contributed by atoms with Gasteiger partial charge in [-0.05, 0) is 34.1 Å². The molecule has 0 aliphatic heterocycles. The van der Waals surface area contributed by atoms with Crippen molar-refractivity contribution in [3.8, 4) is 11.3 Å². The predicted molar refractivity (Wildman–Crippen MR) is 63.2 cm³/mol. The van der Waals surface area contributed by atoms with E-state index >= 15 is 0 Å². The van der Waals surface area contributed by atoms with Gasteiger partial charge >= 0.3 is 5.97 Å². The summed E-state index contributed by atoms with van der Waals surface area (Å²) in [6.07, 6.45) is 0. The molecule has 18 heavy (non-hydrogen) atoms. The number of rotatable bonds is 2. The van der Waals surface area contributed by atoms with Gasteiger partial charge in [-0.3, -0.25) is 4.68 Å². The van der Waals surface area contributed by atoms with Crippen LogP contribution in [0.5, 0.6) is 0 Å². The molecular formula is C11H7BrF2N2O2. The Balaban J connectivity index is 2.65. The van der Waals surface area contributed by atoms with Crippen LogP contribution in [0.25, 0.3) is 11.3 Å². The first-order valence-electron chi connectivity index (χ1n) is 4.82. The second-order valence-electron chi connectivity index (χ2n) is 3.59. The number of carbonyl (C=O) groups is 1. The van der Waals surface area contributed by atoms with Gasteiger partial charge in [0.2, 0.25) is 0 Å². The summed E-state index contributed by atoms with van der Waals surface area (Å²) in [5.41, 5.74) is -0.0956. The molecule has 0 saturated heterocycles. The third-order valence-electron chi connectivity index (χ3n) is 2.37. The summed E-state index contributed by atoms with van der Waals surface area (Å²) in [6, 6.07) is 3.17. The van der Waals surface area contributed by atoms with Gasteiger partial charge in [-0.25, -0.2) is 13.6 Å². The highest BCUT2D eigenvalue weighted by Gasteiger charge is 2.17. The van der Waals surface area contributed by atoms with E-state index in [1.807, 2.05) is 0 Å². The quantitative estimate of drug-likeness (QED) is 0.867. The van der Waals surface area contributed by atoms with Crippen LogP contribution in [-0.2, 0) is 7.05 Å². The Bertz CT molecular complexity index is 640. The minimum absolute atomic E-state index is 0.0319. The van der Waals surface area contributed by atoms with Crippen molar-refractivity contribution in [2.24, 2.45) is 7.05 Å². The summed E-state index contributed by atoms with van der Waals surface area (Å²) in [6.45, 7) is 0. The number of nitrogens with zero attached hydrogens (tertiary/aromatic N) is 2. The number of halogens is 3. The van der Waals surface area contributed by atoms with Gasteiger partial charge in [0, 0.05) is 12.6 Å². The molecule has 0 saturated carbocycles. The van der Waals surface area contributed by atoms with Gasteiger partial charge in [-0.2, -0.15) is 5.10 Å². The summed E-state index contributed by atoms with van der Waals surface area (Å²) >= 11 is 2.89. The second-order valence-corrected chi connectivity index (χ2v) is 4.45. The van der Waals surface area contributed by atoms with Gasteiger partial charge in [-0.1, -0.05) is 0 Å². The SMILES string of the molecule is Cn1nc(C(=O)O)cc1-c1cc(F)cc(Br)c1F. The lowest BCUT2D eigenvalue weighted by atomic mass is 10.1. The molecule has 0 spiro atoms. The van der Waals surface area contributed by atoms with Crippen molar-refractivity contribution in [2.75, 3.05) is 0 Å². The van der Waals surface area contributed by atoms with E-state index in [0.29, 0.717) is 0 Å². The van der Waals surface area contributed by atoms with E-state index in [1.54, 1.807) is 0 Å². The second kappa shape index (κ2) is 4.49. The van der Waals surface area contributed by atoms with Crippen molar-refractivity contribution in [1.29, 1.82) is 0 Å². The molecule has 0 atom stereocenters. The molecule has 4 nitrogen and oxygen atoms in total. The molecule has 0 radical (unpaired) electrons. The first-order valence-corrected chi connectivity index (χ1v) is 5.61. The smallest absolute Gasteiger partial charge is 0.356 e. The number of hydrogen-bond donors (Lipinski definition) is 1. The zero-order chi connectivity index (χ0) is 13.4. The van der Waals surface area contributed by atoms with Crippen LogP contribution in [0.1, 0.15) is 10.5 Å². The van der Waals surface area contributed by atoms with Crippen molar-refractivity contribution in [2.45, 2.75) is 0 Å². The number of aromatic carboxylic acids is 1. The van der Waals surface area contributed by atoms with E-state index in [9.17, 15) is 13.6 Å². The Kier molecular flexibility index (Phi) is 3.16. The number of aryl methyl sites for hydroxylation is 1. The molecule has 94 valence electrons. The molecule has 0 bridgehead atoms. The van der Waals surface area contributed by atoms with Crippen LogP contribution in [0.2, 0.25) is 0 Å². The summed E-state index contributed by atoms with van der Waals surface area (Å²) in [5.74, 6) is -2.53. The summed E-state index contributed by atoms with van der Waals surface area (Å²) in [5, 5.41) is 12.5. The first-order chi connectivity index (χ1) is 8.40. The largest absolute Gasteiger partial charge is 0.476 e. The van der Waals surface area contributed by atoms with E-state index in [1.165, 1.54) is 17.8 Å². The molecule has 7 heteroatoms. The van der Waals surface area contributed by atoms with Crippen molar-refractivity contribution < 1.29 is 18.7 Å². The standard InChI is InChI=1S/C11H7BrF2N2O2/c1-16-9(4-8(15-16)11(17)18)6-2-5(13)3-7(12)10(6)14/h2-4H,1H3,(H,17,18). The van der Waals surface area contributed by atoms with Crippen molar-refractivity contribution >= 4 is 21.9 Å². The van der Waals surface area contributed by atoms with Crippen molar-refractivity contribution in [3.05, 3.63) is 40.0 Å². The molecule has 1 aromatic heterocycles. The number of carboxylic acid groups (broad SMARTS) is 1. The zero-order valence-corrected chi connectivity index (χ0v) is 10.7. The van der Waals surface area contributed by atoms with E-state index in [4.69, 9.17) is 5.11 Å². The van der Waals surface area contributed by atoms with Crippen LogP contribution in [-0.4, -0.2) is 20.9 Å². The molecule has 2 rings (SSSR count). The molecule has 0 unspecified atom stereocenters. The average molecular weight is 317 g/mol. The summed E-state index contributed by atoms with van der Waals surface area (Å²) in [7, 11) is 1.46. The van der Waals surface area contributed by atoms with E-state index in [0.717, 1.165) is 12.1 Å². The Morgan fingerprint density at radius 1 is 1.39 bits per heavy atom. The number of hydrogen-bond acceptors (Lipinski definition) is 2. The molecule has 0 fully saturated rings. The number of benzene rings is 1. The van der Waals surface area contributed by atoms with Gasteiger partial charge in [0.05, 0.1) is 10.2 Å². The maximum atomic E-state index is 13.9. The highest BCUT2D eigenvalue weighted by Crippen LogP contribution is 2.29. The van der Waals surface area contributed by atoms with Gasteiger partial charge in [-0.15, -0.1) is 0 Å². The Morgan fingerprint density at radius 2 is 2.06 bits per heavy atom. The highest BCUT2D eigenvalue weighted by atomic mass is 79.9. The molecule has 2 aromatic rings. The zero-order valence-electron chi connectivity index (χ0n) is 9.12. The molecule has 1 aromatic carbocycles. The molecule has 0 aliphatic carbocycles. The fraction of sp³-hybridized carbons (Fsp3) is 0.0909. The minimum Gasteiger partial charge on any atom is -0.476 e.